The molecule has 0 aromatic rings. The first kappa shape index (κ1) is 15.0. The van der Waals surface area contributed by atoms with Gasteiger partial charge in [-0.3, -0.25) is 9.59 Å². The van der Waals surface area contributed by atoms with Gasteiger partial charge in [0.25, 0.3) is 0 Å². The maximum Gasteiger partial charge on any atom is 0.308 e. The normalized spacial score (nSPS) is 23.4. The highest BCUT2D eigenvalue weighted by molar-refractivity contribution is 5.72. The predicted octanol–water partition coefficient (Wildman–Crippen LogP) is 1.54. The summed E-state index contributed by atoms with van der Waals surface area (Å²) in [5.74, 6) is -0.836. The van der Waals surface area contributed by atoms with Crippen molar-refractivity contribution < 1.29 is 23.8 Å². The Morgan fingerprint density at radius 2 is 1.78 bits per heavy atom. The van der Waals surface area contributed by atoms with Crippen LogP contribution in [0.3, 0.4) is 0 Å². The van der Waals surface area contributed by atoms with E-state index in [0.717, 1.165) is 0 Å². The van der Waals surface area contributed by atoms with Crippen LogP contribution in [-0.4, -0.2) is 37.4 Å². The zero-order chi connectivity index (χ0) is 13.7. The maximum atomic E-state index is 11.5. The number of hydrogen-bond donors (Lipinski definition) is 0. The molecule has 0 aliphatic carbocycles. The number of rotatable bonds is 5. The largest absolute Gasteiger partial charge is 0.463 e. The summed E-state index contributed by atoms with van der Waals surface area (Å²) in [6.07, 6.45) is 0.0118. The van der Waals surface area contributed by atoms with Gasteiger partial charge in [0.05, 0.1) is 18.4 Å². The second kappa shape index (κ2) is 6.73. The van der Waals surface area contributed by atoms with Gasteiger partial charge in [0.1, 0.15) is 18.8 Å². The summed E-state index contributed by atoms with van der Waals surface area (Å²) in [7, 11) is 0. The topological polar surface area (TPSA) is 61.8 Å². The zero-order valence-corrected chi connectivity index (χ0v) is 11.5. The van der Waals surface area contributed by atoms with Crippen molar-refractivity contribution in [1.82, 2.24) is 0 Å². The van der Waals surface area contributed by atoms with Gasteiger partial charge >= 0.3 is 11.9 Å². The minimum atomic E-state index is -0.338. The molecule has 2 unspecified atom stereocenters. The quantitative estimate of drug-likeness (QED) is 0.700. The molecule has 1 rings (SSSR count). The second-order valence-electron chi connectivity index (χ2n) is 5.11. The van der Waals surface area contributed by atoms with Crippen LogP contribution < -0.4 is 0 Å². The standard InChI is InChI=1S/C13H22O5/c1-8(2)12(14)17-7-11-10(5-6-16-11)18-13(15)9(3)4/h8-11H,5-7H2,1-4H3. The van der Waals surface area contributed by atoms with Crippen molar-refractivity contribution in [3.8, 4) is 0 Å². The van der Waals surface area contributed by atoms with Crippen molar-refractivity contribution >= 4 is 11.9 Å². The van der Waals surface area contributed by atoms with Gasteiger partial charge in [-0.25, -0.2) is 0 Å². The van der Waals surface area contributed by atoms with E-state index in [9.17, 15) is 9.59 Å². The van der Waals surface area contributed by atoms with Gasteiger partial charge in [-0.2, -0.15) is 0 Å². The van der Waals surface area contributed by atoms with Gasteiger partial charge in [-0.1, -0.05) is 27.7 Å². The summed E-state index contributed by atoms with van der Waals surface area (Å²) in [6, 6.07) is 0. The van der Waals surface area contributed by atoms with E-state index < -0.39 is 0 Å². The predicted molar refractivity (Wildman–Crippen MR) is 64.9 cm³/mol. The van der Waals surface area contributed by atoms with Gasteiger partial charge < -0.3 is 14.2 Å². The lowest BCUT2D eigenvalue weighted by Gasteiger charge is -2.20. The molecule has 18 heavy (non-hydrogen) atoms. The minimum absolute atomic E-state index is 0.146. The molecule has 1 fully saturated rings. The number of ether oxygens (including phenoxy) is 3. The minimum Gasteiger partial charge on any atom is -0.463 e. The molecule has 5 heteroatoms. The lowest BCUT2D eigenvalue weighted by Crippen LogP contribution is -2.33. The molecule has 2 atom stereocenters. The molecule has 0 aromatic carbocycles. The summed E-state index contributed by atoms with van der Waals surface area (Å²) in [5.41, 5.74) is 0. The van der Waals surface area contributed by atoms with Crippen molar-refractivity contribution in [2.45, 2.75) is 46.3 Å². The van der Waals surface area contributed by atoms with Crippen molar-refractivity contribution in [2.24, 2.45) is 11.8 Å². The lowest BCUT2D eigenvalue weighted by molar-refractivity contribution is -0.160. The first-order valence-electron chi connectivity index (χ1n) is 6.40. The van der Waals surface area contributed by atoms with Crippen LogP contribution in [0.5, 0.6) is 0 Å². The van der Waals surface area contributed by atoms with Crippen molar-refractivity contribution in [3.63, 3.8) is 0 Å². The Labute approximate surface area is 108 Å². The summed E-state index contributed by atoms with van der Waals surface area (Å²) in [4.78, 5) is 22.9. The van der Waals surface area contributed by atoms with Crippen LogP contribution in [0.1, 0.15) is 34.1 Å². The van der Waals surface area contributed by atoms with Gasteiger partial charge in [0, 0.05) is 6.42 Å². The average Bonchev–Trinajstić information content (AvgIpc) is 2.72. The molecule has 0 aromatic heterocycles. The highest BCUT2D eigenvalue weighted by Crippen LogP contribution is 2.19. The first-order valence-corrected chi connectivity index (χ1v) is 6.40. The fourth-order valence-electron chi connectivity index (χ4n) is 1.54. The Bertz CT molecular complexity index is 298. The Morgan fingerprint density at radius 1 is 1.17 bits per heavy atom. The van der Waals surface area contributed by atoms with E-state index in [1.54, 1.807) is 27.7 Å². The molecule has 1 saturated heterocycles. The van der Waals surface area contributed by atoms with E-state index in [2.05, 4.69) is 0 Å². The van der Waals surface area contributed by atoms with Crippen LogP contribution in [0.15, 0.2) is 0 Å². The van der Waals surface area contributed by atoms with Crippen LogP contribution >= 0.6 is 0 Å². The summed E-state index contributed by atoms with van der Waals surface area (Å²) >= 11 is 0. The Hall–Kier alpha value is -1.10. The summed E-state index contributed by atoms with van der Waals surface area (Å²) < 4.78 is 15.8. The molecule has 0 bridgehead atoms. The first-order chi connectivity index (χ1) is 8.41. The number of esters is 2. The molecule has 0 N–H and O–H groups in total. The van der Waals surface area contributed by atoms with Crippen LogP contribution in [0.25, 0.3) is 0 Å². The van der Waals surface area contributed by atoms with E-state index in [1.807, 2.05) is 0 Å². The van der Waals surface area contributed by atoms with Gasteiger partial charge in [0.2, 0.25) is 0 Å². The molecule has 1 aliphatic rings. The SMILES string of the molecule is CC(C)C(=O)OCC1OCCC1OC(=O)C(C)C. The lowest BCUT2D eigenvalue weighted by atomic mass is 10.2. The maximum absolute atomic E-state index is 11.5. The molecule has 5 nitrogen and oxygen atoms in total. The van der Waals surface area contributed by atoms with Crippen LogP contribution in [0, 0.1) is 11.8 Å². The van der Waals surface area contributed by atoms with E-state index in [1.165, 1.54) is 0 Å². The highest BCUT2D eigenvalue weighted by Gasteiger charge is 2.33. The van der Waals surface area contributed by atoms with Crippen molar-refractivity contribution in [1.29, 1.82) is 0 Å². The molecule has 1 heterocycles. The van der Waals surface area contributed by atoms with Crippen LogP contribution in [0.2, 0.25) is 0 Å². The number of hydrogen-bond acceptors (Lipinski definition) is 5. The Balaban J connectivity index is 2.40. The van der Waals surface area contributed by atoms with Gasteiger partial charge in [-0.15, -0.1) is 0 Å². The molecule has 1 aliphatic heterocycles. The monoisotopic (exact) mass is 258 g/mol. The molecule has 0 amide bonds. The second-order valence-corrected chi connectivity index (χ2v) is 5.11. The molecular weight excluding hydrogens is 236 g/mol. The van der Waals surface area contributed by atoms with Crippen LogP contribution in [0.4, 0.5) is 0 Å². The van der Waals surface area contributed by atoms with Crippen LogP contribution in [-0.2, 0) is 23.8 Å². The van der Waals surface area contributed by atoms with E-state index in [0.29, 0.717) is 13.0 Å². The summed E-state index contributed by atoms with van der Waals surface area (Å²) in [5, 5.41) is 0. The third kappa shape index (κ3) is 4.29. The van der Waals surface area contributed by atoms with Gasteiger partial charge in [0.15, 0.2) is 0 Å². The Kier molecular flexibility index (Phi) is 5.59. The van der Waals surface area contributed by atoms with Crippen molar-refractivity contribution in [3.05, 3.63) is 0 Å². The average molecular weight is 258 g/mol. The number of carbonyl (C=O) groups excluding carboxylic acids is 2. The third-order valence-electron chi connectivity index (χ3n) is 2.75. The summed E-state index contributed by atoms with van der Waals surface area (Å²) in [6.45, 7) is 7.78. The smallest absolute Gasteiger partial charge is 0.308 e. The Morgan fingerprint density at radius 3 is 2.33 bits per heavy atom. The molecule has 104 valence electrons. The molecule has 0 spiro atoms. The number of carbonyl (C=O) groups is 2. The molecular formula is C13H22O5. The van der Waals surface area contributed by atoms with E-state index in [-0.39, 0.29) is 42.6 Å². The van der Waals surface area contributed by atoms with E-state index >= 15 is 0 Å². The van der Waals surface area contributed by atoms with Crippen molar-refractivity contribution in [2.75, 3.05) is 13.2 Å². The molecule has 0 radical (unpaired) electrons. The fourth-order valence-corrected chi connectivity index (χ4v) is 1.54. The fraction of sp³-hybridized carbons (Fsp3) is 0.846. The zero-order valence-electron chi connectivity index (χ0n) is 11.5. The molecule has 0 saturated carbocycles. The van der Waals surface area contributed by atoms with E-state index in [4.69, 9.17) is 14.2 Å². The third-order valence-corrected chi connectivity index (χ3v) is 2.75. The van der Waals surface area contributed by atoms with Gasteiger partial charge in [-0.05, 0) is 0 Å². The highest BCUT2D eigenvalue weighted by atomic mass is 16.6.